The number of rotatable bonds is 1. The van der Waals surface area contributed by atoms with E-state index in [4.69, 9.17) is 5.73 Å². The maximum atomic E-state index is 12.2. The smallest absolute Gasteiger partial charge is 0.221 e. The summed E-state index contributed by atoms with van der Waals surface area (Å²) in [5.41, 5.74) is 12.4. The molecule has 5 aliphatic rings. The molecule has 0 heterocycles. The molecular weight excluding hydrogens is 306 g/mol. The SMILES string of the molecule is NC(=O)C1CC2C(=C3CCCCC31)C=CC1=C2CCC2CCCCC12. The first kappa shape index (κ1) is 15.9. The molecule has 134 valence electrons. The van der Waals surface area contributed by atoms with Gasteiger partial charge in [0.15, 0.2) is 0 Å². The van der Waals surface area contributed by atoms with Crippen LogP contribution in [0.2, 0.25) is 0 Å². The van der Waals surface area contributed by atoms with E-state index in [0.717, 1.165) is 18.3 Å². The molecule has 25 heavy (non-hydrogen) atoms. The average Bonchev–Trinajstić information content (AvgIpc) is 2.66. The van der Waals surface area contributed by atoms with Crippen molar-refractivity contribution < 1.29 is 4.79 Å². The van der Waals surface area contributed by atoms with Gasteiger partial charge in [-0.25, -0.2) is 0 Å². The molecule has 0 aromatic carbocycles. The fourth-order valence-electron chi connectivity index (χ4n) is 6.95. The Bertz CT molecular complexity index is 682. The zero-order valence-electron chi connectivity index (χ0n) is 15.3. The van der Waals surface area contributed by atoms with Crippen LogP contribution in [0.5, 0.6) is 0 Å². The summed E-state index contributed by atoms with van der Waals surface area (Å²) in [7, 11) is 0. The Morgan fingerprint density at radius 3 is 2.48 bits per heavy atom. The topological polar surface area (TPSA) is 43.1 Å². The first-order valence-corrected chi connectivity index (χ1v) is 10.7. The van der Waals surface area contributed by atoms with Crippen molar-refractivity contribution in [3.63, 3.8) is 0 Å². The van der Waals surface area contributed by atoms with Crippen LogP contribution in [-0.4, -0.2) is 5.91 Å². The molecule has 2 N–H and O–H groups in total. The van der Waals surface area contributed by atoms with E-state index in [9.17, 15) is 4.79 Å². The van der Waals surface area contributed by atoms with Gasteiger partial charge in [0.05, 0.1) is 0 Å². The lowest BCUT2D eigenvalue weighted by Crippen LogP contribution is -2.40. The Morgan fingerprint density at radius 1 is 0.840 bits per heavy atom. The fourth-order valence-corrected chi connectivity index (χ4v) is 6.95. The summed E-state index contributed by atoms with van der Waals surface area (Å²) in [5.74, 6) is 2.70. The lowest BCUT2D eigenvalue weighted by Gasteiger charge is -2.46. The standard InChI is InChI=1S/C23H31NO/c24-23(25)22-13-21-19-10-9-14-5-1-2-6-15(14)18(19)11-12-20(21)16-7-3-4-8-17(16)22/h11-12,14-15,17,21-22H,1-10,13H2,(H2,24,25). The third-order valence-electron chi connectivity index (χ3n) is 8.07. The van der Waals surface area contributed by atoms with E-state index < -0.39 is 0 Å². The highest BCUT2D eigenvalue weighted by atomic mass is 16.1. The molecule has 0 saturated heterocycles. The van der Waals surface area contributed by atoms with E-state index in [2.05, 4.69) is 12.2 Å². The monoisotopic (exact) mass is 337 g/mol. The number of nitrogens with two attached hydrogens (primary N) is 1. The van der Waals surface area contributed by atoms with E-state index in [1.54, 1.807) is 22.3 Å². The first-order chi connectivity index (χ1) is 12.2. The van der Waals surface area contributed by atoms with Crippen LogP contribution in [-0.2, 0) is 4.79 Å². The quantitative estimate of drug-likeness (QED) is 0.714. The highest BCUT2D eigenvalue weighted by Crippen LogP contribution is 2.54. The summed E-state index contributed by atoms with van der Waals surface area (Å²) in [6.07, 6.45) is 19.1. The van der Waals surface area contributed by atoms with E-state index >= 15 is 0 Å². The molecule has 0 bridgehead atoms. The predicted octanol–water partition coefficient (Wildman–Crippen LogP) is 5.06. The van der Waals surface area contributed by atoms with Gasteiger partial charge in [0.1, 0.15) is 0 Å². The van der Waals surface area contributed by atoms with Crippen LogP contribution in [0.1, 0.15) is 70.6 Å². The number of hydrogen-bond acceptors (Lipinski definition) is 1. The number of amides is 1. The van der Waals surface area contributed by atoms with Gasteiger partial charge in [-0.15, -0.1) is 0 Å². The van der Waals surface area contributed by atoms with Gasteiger partial charge in [-0.1, -0.05) is 42.6 Å². The van der Waals surface area contributed by atoms with Crippen molar-refractivity contribution in [2.45, 2.75) is 70.6 Å². The number of hydrogen-bond donors (Lipinski definition) is 1. The molecule has 5 unspecified atom stereocenters. The van der Waals surface area contributed by atoms with Crippen LogP contribution in [0.4, 0.5) is 0 Å². The van der Waals surface area contributed by atoms with Gasteiger partial charge < -0.3 is 5.73 Å². The molecule has 5 rings (SSSR count). The highest BCUT2D eigenvalue weighted by Gasteiger charge is 2.44. The van der Waals surface area contributed by atoms with E-state index in [-0.39, 0.29) is 11.8 Å². The second kappa shape index (κ2) is 6.14. The van der Waals surface area contributed by atoms with Crippen molar-refractivity contribution >= 4 is 5.91 Å². The normalized spacial score (nSPS) is 40.1. The van der Waals surface area contributed by atoms with Gasteiger partial charge in [-0.3, -0.25) is 4.79 Å². The molecular formula is C23H31NO. The van der Waals surface area contributed by atoms with Gasteiger partial charge >= 0.3 is 0 Å². The molecule has 0 aromatic rings. The maximum Gasteiger partial charge on any atom is 0.221 e. The number of carbonyl (C=O) groups excluding carboxylic acids is 1. The minimum absolute atomic E-state index is 0.0495. The van der Waals surface area contributed by atoms with Crippen LogP contribution in [0.25, 0.3) is 0 Å². The maximum absolute atomic E-state index is 12.2. The minimum atomic E-state index is -0.0495. The summed E-state index contributed by atoms with van der Waals surface area (Å²) in [6.45, 7) is 0. The zero-order chi connectivity index (χ0) is 17.0. The summed E-state index contributed by atoms with van der Waals surface area (Å²) in [4.78, 5) is 12.2. The highest BCUT2D eigenvalue weighted by molar-refractivity contribution is 5.78. The number of carbonyl (C=O) groups is 1. The molecule has 0 aliphatic heterocycles. The fraction of sp³-hybridized carbons (Fsp3) is 0.696. The molecule has 2 heteroatoms. The second-order valence-electron chi connectivity index (χ2n) is 9.13. The Hall–Kier alpha value is -1.31. The number of primary amides is 1. The third kappa shape index (κ3) is 2.47. The molecule has 0 spiro atoms. The van der Waals surface area contributed by atoms with Crippen molar-refractivity contribution in [3.8, 4) is 0 Å². The molecule has 5 atom stereocenters. The van der Waals surface area contributed by atoms with Crippen LogP contribution in [0, 0.1) is 29.6 Å². The Balaban J connectivity index is 1.56. The van der Waals surface area contributed by atoms with Crippen molar-refractivity contribution in [2.75, 3.05) is 0 Å². The number of fused-ring (bicyclic) bond motifs is 5. The van der Waals surface area contributed by atoms with Gasteiger partial charge in [0, 0.05) is 11.8 Å². The largest absolute Gasteiger partial charge is 0.369 e. The van der Waals surface area contributed by atoms with Crippen molar-refractivity contribution in [1.82, 2.24) is 0 Å². The predicted molar refractivity (Wildman–Crippen MR) is 101 cm³/mol. The zero-order valence-corrected chi connectivity index (χ0v) is 15.3. The Morgan fingerprint density at radius 2 is 1.60 bits per heavy atom. The Labute approximate surface area is 151 Å². The molecule has 1 amide bonds. The van der Waals surface area contributed by atoms with E-state index in [0.29, 0.717) is 11.8 Å². The lowest BCUT2D eigenvalue weighted by atomic mass is 9.58. The number of allylic oxidation sites excluding steroid dienone is 6. The van der Waals surface area contributed by atoms with Gasteiger partial charge in [0.25, 0.3) is 0 Å². The summed E-state index contributed by atoms with van der Waals surface area (Å²) < 4.78 is 0. The van der Waals surface area contributed by atoms with Crippen LogP contribution in [0.15, 0.2) is 34.4 Å². The molecule has 2 fully saturated rings. The Kier molecular flexibility index (Phi) is 3.91. The van der Waals surface area contributed by atoms with Crippen LogP contribution in [0.3, 0.4) is 0 Å². The van der Waals surface area contributed by atoms with E-state index in [1.165, 1.54) is 64.2 Å². The van der Waals surface area contributed by atoms with Gasteiger partial charge in [-0.05, 0) is 80.3 Å². The summed E-state index contributed by atoms with van der Waals surface area (Å²) >= 11 is 0. The van der Waals surface area contributed by atoms with Crippen molar-refractivity contribution in [3.05, 3.63) is 34.4 Å². The van der Waals surface area contributed by atoms with Gasteiger partial charge in [0.2, 0.25) is 5.91 Å². The first-order valence-electron chi connectivity index (χ1n) is 10.7. The molecule has 0 aromatic heterocycles. The van der Waals surface area contributed by atoms with Crippen LogP contribution >= 0.6 is 0 Å². The van der Waals surface area contributed by atoms with Gasteiger partial charge in [-0.2, -0.15) is 0 Å². The summed E-state index contributed by atoms with van der Waals surface area (Å²) in [6, 6.07) is 0. The average molecular weight is 338 g/mol. The van der Waals surface area contributed by atoms with Crippen molar-refractivity contribution in [2.24, 2.45) is 35.3 Å². The molecule has 5 aliphatic carbocycles. The third-order valence-corrected chi connectivity index (χ3v) is 8.07. The summed E-state index contributed by atoms with van der Waals surface area (Å²) in [5, 5.41) is 0. The second-order valence-corrected chi connectivity index (χ2v) is 9.13. The van der Waals surface area contributed by atoms with Crippen molar-refractivity contribution in [1.29, 1.82) is 0 Å². The minimum Gasteiger partial charge on any atom is -0.369 e. The van der Waals surface area contributed by atoms with Crippen LogP contribution < -0.4 is 5.73 Å². The molecule has 0 radical (unpaired) electrons. The molecule has 2 nitrogen and oxygen atoms in total. The molecule has 2 saturated carbocycles. The lowest BCUT2D eigenvalue weighted by molar-refractivity contribution is -0.124. The van der Waals surface area contributed by atoms with E-state index in [1.807, 2.05) is 0 Å².